The van der Waals surface area contributed by atoms with Gasteiger partial charge >= 0.3 is 0 Å². The number of benzene rings is 1. The lowest BCUT2D eigenvalue weighted by atomic mass is 9.87. The van der Waals surface area contributed by atoms with E-state index in [9.17, 15) is 19.2 Å². The van der Waals surface area contributed by atoms with Crippen LogP contribution in [0.25, 0.3) is 10.9 Å². The van der Waals surface area contributed by atoms with Crippen LogP contribution in [0.4, 0.5) is 0 Å². The molecule has 0 spiro atoms. The van der Waals surface area contributed by atoms with E-state index >= 15 is 0 Å². The maximum absolute atomic E-state index is 13.2. The number of nitrogens with one attached hydrogen (secondary N) is 4. The maximum atomic E-state index is 13.2. The number of carbonyl (C=O) groups excluding carboxylic acids is 4. The molecule has 0 saturated carbocycles. The summed E-state index contributed by atoms with van der Waals surface area (Å²) >= 11 is 3.91. The van der Waals surface area contributed by atoms with Crippen molar-refractivity contribution in [2.75, 3.05) is 13.7 Å². The van der Waals surface area contributed by atoms with Crippen LogP contribution in [0.2, 0.25) is 0 Å². The molecule has 1 fully saturated rings. The van der Waals surface area contributed by atoms with Crippen LogP contribution in [-0.2, 0) is 14.4 Å². The molecule has 9 nitrogen and oxygen atoms in total. The lowest BCUT2D eigenvalue weighted by molar-refractivity contribution is -0.128. The molecule has 0 bridgehead atoms. The average molecular weight is 489 g/mol. The molecule has 0 unspecified atom stereocenters. The van der Waals surface area contributed by atoms with Gasteiger partial charge in [-0.25, -0.2) is 0 Å². The van der Waals surface area contributed by atoms with Gasteiger partial charge in [0.05, 0.1) is 13.2 Å². The first-order chi connectivity index (χ1) is 16.0. The second-order valence-corrected chi connectivity index (χ2v) is 10.2. The van der Waals surface area contributed by atoms with Crippen LogP contribution in [0, 0.1) is 11.3 Å². The Morgan fingerprint density at radius 3 is 2.53 bits per heavy atom. The van der Waals surface area contributed by atoms with E-state index in [2.05, 4.69) is 33.6 Å². The molecule has 4 N–H and O–H groups in total. The number of aromatic nitrogens is 1. The van der Waals surface area contributed by atoms with Crippen molar-refractivity contribution >= 4 is 46.4 Å². The summed E-state index contributed by atoms with van der Waals surface area (Å²) in [6, 6.07) is 5.29. The summed E-state index contributed by atoms with van der Waals surface area (Å²) in [5.41, 5.74) is 0.734. The van der Waals surface area contributed by atoms with Crippen LogP contribution in [0.1, 0.15) is 50.5 Å². The van der Waals surface area contributed by atoms with Gasteiger partial charge in [-0.2, -0.15) is 0 Å². The molecular weight excluding hydrogens is 456 g/mol. The van der Waals surface area contributed by atoms with Crippen molar-refractivity contribution in [2.45, 2.75) is 52.1 Å². The number of aromatic amines is 1. The van der Waals surface area contributed by atoms with Crippen molar-refractivity contribution in [1.29, 1.82) is 0 Å². The second-order valence-electron chi connectivity index (χ2n) is 9.81. The number of rotatable bonds is 9. The van der Waals surface area contributed by atoms with Crippen molar-refractivity contribution < 1.29 is 23.9 Å². The van der Waals surface area contributed by atoms with Crippen molar-refractivity contribution in [3.63, 3.8) is 0 Å². The van der Waals surface area contributed by atoms with E-state index in [0.717, 1.165) is 10.9 Å². The SMILES string of the molecule is COc1cccc2[nH]c(C(=O)N[C@@H](CC(C)(C)C)C(=O)N[C@@H](C[C@@H]3CCNC3=O)C(=O)S)cc12. The average Bonchev–Trinajstić information content (AvgIpc) is 3.37. The van der Waals surface area contributed by atoms with E-state index in [1.807, 2.05) is 32.9 Å². The van der Waals surface area contributed by atoms with E-state index in [-0.39, 0.29) is 29.4 Å². The van der Waals surface area contributed by atoms with Crippen LogP contribution < -0.4 is 20.7 Å². The minimum Gasteiger partial charge on any atom is -0.496 e. The molecule has 0 radical (unpaired) electrons. The standard InChI is InChI=1S/C24H32N4O5S/c1-24(2,3)12-18(22(31)27-17(23(32)34)10-13-8-9-25-20(13)29)28-21(30)16-11-14-15(26-16)6-5-7-19(14)33-4/h5-7,11,13,17-18,26H,8-10,12H2,1-4H3,(H,25,29)(H,27,31)(H,28,30)(H,32,34)/t13-,17-,18-/m0/s1. The van der Waals surface area contributed by atoms with E-state index in [1.54, 1.807) is 19.2 Å². The molecule has 1 aromatic heterocycles. The van der Waals surface area contributed by atoms with E-state index in [1.165, 1.54) is 0 Å². The lowest BCUT2D eigenvalue weighted by Crippen LogP contribution is -2.52. The van der Waals surface area contributed by atoms with Gasteiger partial charge in [-0.1, -0.05) is 26.8 Å². The van der Waals surface area contributed by atoms with Crippen LogP contribution in [0.3, 0.4) is 0 Å². The van der Waals surface area contributed by atoms with Crippen molar-refractivity contribution in [1.82, 2.24) is 20.9 Å². The normalized spacial score (nSPS) is 17.7. The molecule has 1 aliphatic heterocycles. The number of methoxy groups -OCH3 is 1. The Kier molecular flexibility index (Phi) is 7.91. The topological polar surface area (TPSA) is 129 Å². The number of amides is 3. The number of fused-ring (bicyclic) bond motifs is 1. The Hall–Kier alpha value is -3.01. The number of thiol groups is 1. The molecule has 1 saturated heterocycles. The first kappa shape index (κ1) is 25.6. The molecule has 184 valence electrons. The van der Waals surface area contributed by atoms with Gasteiger partial charge in [-0.15, -0.1) is 12.6 Å². The molecule has 1 aliphatic rings. The summed E-state index contributed by atoms with van der Waals surface area (Å²) in [4.78, 5) is 53.3. The zero-order valence-electron chi connectivity index (χ0n) is 19.9. The molecule has 2 heterocycles. The van der Waals surface area contributed by atoms with Gasteiger partial charge in [0.2, 0.25) is 16.9 Å². The monoisotopic (exact) mass is 488 g/mol. The number of H-pyrrole nitrogens is 1. The van der Waals surface area contributed by atoms with E-state index < -0.39 is 29.0 Å². The van der Waals surface area contributed by atoms with Gasteiger partial charge in [0.25, 0.3) is 5.91 Å². The van der Waals surface area contributed by atoms with Gasteiger partial charge in [-0.05, 0) is 42.9 Å². The predicted molar refractivity (Wildman–Crippen MR) is 132 cm³/mol. The number of carbonyl (C=O) groups is 4. The van der Waals surface area contributed by atoms with Crippen LogP contribution in [0.5, 0.6) is 5.75 Å². The van der Waals surface area contributed by atoms with E-state index in [0.29, 0.717) is 25.1 Å². The quantitative estimate of drug-likeness (QED) is 0.346. The highest BCUT2D eigenvalue weighted by molar-refractivity contribution is 7.96. The third kappa shape index (κ3) is 6.31. The van der Waals surface area contributed by atoms with Gasteiger partial charge in [-0.3, -0.25) is 19.2 Å². The fraction of sp³-hybridized carbons (Fsp3) is 0.500. The van der Waals surface area contributed by atoms with Crippen molar-refractivity contribution in [3.8, 4) is 5.75 Å². The minimum atomic E-state index is -0.929. The van der Waals surface area contributed by atoms with Crippen LogP contribution in [0.15, 0.2) is 24.3 Å². The number of ether oxygens (including phenoxy) is 1. The van der Waals surface area contributed by atoms with Gasteiger partial charge in [0.1, 0.15) is 17.5 Å². The highest BCUT2D eigenvalue weighted by Gasteiger charge is 2.33. The van der Waals surface area contributed by atoms with Crippen LogP contribution in [-0.4, -0.2) is 53.6 Å². The minimum absolute atomic E-state index is 0.136. The molecule has 3 rings (SSSR count). The number of hydrogen-bond acceptors (Lipinski definition) is 5. The Bertz CT molecular complexity index is 1090. The van der Waals surface area contributed by atoms with Gasteiger partial charge in [0, 0.05) is 23.4 Å². The maximum Gasteiger partial charge on any atom is 0.268 e. The number of hydrogen-bond donors (Lipinski definition) is 5. The van der Waals surface area contributed by atoms with Gasteiger partial charge in [0.15, 0.2) is 0 Å². The Balaban J connectivity index is 1.77. The molecule has 10 heteroatoms. The molecule has 2 aromatic rings. The summed E-state index contributed by atoms with van der Waals surface area (Å²) in [6.07, 6.45) is 1.10. The third-order valence-corrected chi connectivity index (χ3v) is 6.14. The second kappa shape index (κ2) is 10.5. The van der Waals surface area contributed by atoms with Crippen molar-refractivity contribution in [3.05, 3.63) is 30.0 Å². The summed E-state index contributed by atoms with van der Waals surface area (Å²) in [6.45, 7) is 6.41. The summed E-state index contributed by atoms with van der Waals surface area (Å²) in [7, 11) is 1.56. The Labute approximate surface area is 204 Å². The van der Waals surface area contributed by atoms with E-state index in [4.69, 9.17) is 4.74 Å². The summed E-state index contributed by atoms with van der Waals surface area (Å²) in [5, 5.41) is 8.44. The molecule has 3 amide bonds. The lowest BCUT2D eigenvalue weighted by Gasteiger charge is -2.28. The van der Waals surface area contributed by atoms with Crippen LogP contribution >= 0.6 is 12.6 Å². The molecule has 3 atom stereocenters. The molecule has 0 aliphatic carbocycles. The molecule has 1 aromatic carbocycles. The fourth-order valence-corrected chi connectivity index (χ4v) is 4.30. The zero-order valence-corrected chi connectivity index (χ0v) is 20.8. The summed E-state index contributed by atoms with van der Waals surface area (Å²) in [5.74, 6) is -0.821. The zero-order chi connectivity index (χ0) is 25.0. The fourth-order valence-electron chi connectivity index (χ4n) is 4.13. The van der Waals surface area contributed by atoms with Crippen molar-refractivity contribution in [2.24, 2.45) is 11.3 Å². The summed E-state index contributed by atoms with van der Waals surface area (Å²) < 4.78 is 5.35. The third-order valence-electron chi connectivity index (χ3n) is 5.82. The Morgan fingerprint density at radius 2 is 1.94 bits per heavy atom. The van der Waals surface area contributed by atoms with Gasteiger partial charge < -0.3 is 25.7 Å². The first-order valence-electron chi connectivity index (χ1n) is 11.3. The largest absolute Gasteiger partial charge is 0.496 e. The smallest absolute Gasteiger partial charge is 0.268 e. The predicted octanol–water partition coefficient (Wildman–Crippen LogP) is 2.18. The first-order valence-corrected chi connectivity index (χ1v) is 11.7. The molecular formula is C24H32N4O5S. The highest BCUT2D eigenvalue weighted by atomic mass is 32.1. The highest BCUT2D eigenvalue weighted by Crippen LogP contribution is 2.27. The Morgan fingerprint density at radius 1 is 1.21 bits per heavy atom. The molecule has 34 heavy (non-hydrogen) atoms.